The Kier molecular flexibility index (Phi) is 3.79. The monoisotopic (exact) mass is 312 g/mol. The number of piperidine rings is 3. The molecule has 120 valence electrons. The van der Waals surface area contributed by atoms with Gasteiger partial charge in [-0.25, -0.2) is 4.79 Å². The van der Waals surface area contributed by atoms with Crippen LogP contribution in [0.2, 0.25) is 0 Å². The molecule has 4 heterocycles. The van der Waals surface area contributed by atoms with Crippen molar-refractivity contribution in [3.63, 3.8) is 0 Å². The maximum absolute atomic E-state index is 12.1. The molecule has 1 amide bonds. The molecule has 5 nitrogen and oxygen atoms in total. The third kappa shape index (κ3) is 3.10. The van der Waals surface area contributed by atoms with Crippen molar-refractivity contribution in [2.24, 2.45) is 5.92 Å². The second kappa shape index (κ2) is 6.08. The predicted octanol–water partition coefficient (Wildman–Crippen LogP) is 3.13. The van der Waals surface area contributed by atoms with Gasteiger partial charge in [-0.05, 0) is 37.9 Å². The summed E-state index contributed by atoms with van der Waals surface area (Å²) in [6, 6.07) is 13.4. The Labute approximate surface area is 135 Å². The molecule has 23 heavy (non-hydrogen) atoms. The highest BCUT2D eigenvalue weighted by atomic mass is 16.6. The number of ether oxygens (including phenoxy) is 1. The van der Waals surface area contributed by atoms with Gasteiger partial charge in [-0.1, -0.05) is 30.3 Å². The standard InChI is InChI=1S/C18H20N2O3/c21-18(19-15-12-20-10-8-13(15)9-11-20)23-17-7-6-16(22-17)14-4-2-1-3-5-14/h1-7,13,15H,8-12H2,(H,19,21)/t15-/m0/s1. The molecule has 2 bridgehead atoms. The molecule has 0 unspecified atom stereocenters. The number of nitrogens with zero attached hydrogens (tertiary/aromatic N) is 1. The highest BCUT2D eigenvalue weighted by Gasteiger charge is 2.35. The second-order valence-corrected chi connectivity index (χ2v) is 6.26. The Morgan fingerprint density at radius 2 is 1.91 bits per heavy atom. The molecule has 2 aromatic rings. The molecule has 0 radical (unpaired) electrons. The van der Waals surface area contributed by atoms with Crippen molar-refractivity contribution in [3.8, 4) is 17.3 Å². The Balaban J connectivity index is 1.37. The van der Waals surface area contributed by atoms with Crippen LogP contribution in [0.5, 0.6) is 5.95 Å². The van der Waals surface area contributed by atoms with Crippen molar-refractivity contribution in [2.45, 2.75) is 18.9 Å². The van der Waals surface area contributed by atoms with Crippen LogP contribution < -0.4 is 10.1 Å². The minimum Gasteiger partial charge on any atom is -0.425 e. The number of furan rings is 1. The lowest BCUT2D eigenvalue weighted by Crippen LogP contribution is -2.57. The zero-order valence-electron chi connectivity index (χ0n) is 12.9. The average molecular weight is 312 g/mol. The predicted molar refractivity (Wildman–Crippen MR) is 86.3 cm³/mol. The quantitative estimate of drug-likeness (QED) is 0.946. The van der Waals surface area contributed by atoms with Crippen molar-refractivity contribution in [1.82, 2.24) is 10.2 Å². The summed E-state index contributed by atoms with van der Waals surface area (Å²) >= 11 is 0. The van der Waals surface area contributed by atoms with E-state index in [0.29, 0.717) is 11.7 Å². The van der Waals surface area contributed by atoms with Gasteiger partial charge in [-0.15, -0.1) is 0 Å². The van der Waals surface area contributed by atoms with E-state index < -0.39 is 6.09 Å². The van der Waals surface area contributed by atoms with Gasteiger partial charge < -0.3 is 19.4 Å². The van der Waals surface area contributed by atoms with E-state index in [4.69, 9.17) is 9.15 Å². The van der Waals surface area contributed by atoms with Gasteiger partial charge in [0.05, 0.1) is 0 Å². The maximum atomic E-state index is 12.1. The summed E-state index contributed by atoms with van der Waals surface area (Å²) in [5.74, 6) is 1.49. The van der Waals surface area contributed by atoms with E-state index in [-0.39, 0.29) is 12.0 Å². The summed E-state index contributed by atoms with van der Waals surface area (Å²) in [7, 11) is 0. The lowest BCUT2D eigenvalue weighted by atomic mass is 9.84. The van der Waals surface area contributed by atoms with E-state index in [0.717, 1.165) is 38.0 Å². The first-order valence-corrected chi connectivity index (χ1v) is 8.14. The van der Waals surface area contributed by atoms with E-state index in [1.165, 1.54) is 0 Å². The van der Waals surface area contributed by atoms with Crippen LogP contribution >= 0.6 is 0 Å². The number of rotatable bonds is 3. The molecular formula is C18H20N2O3. The second-order valence-electron chi connectivity index (χ2n) is 6.26. The van der Waals surface area contributed by atoms with Gasteiger partial charge in [0.25, 0.3) is 5.95 Å². The fraction of sp³-hybridized carbons (Fsp3) is 0.389. The summed E-state index contributed by atoms with van der Waals surface area (Å²) in [4.78, 5) is 14.5. The Hall–Kier alpha value is -2.27. The molecular weight excluding hydrogens is 292 g/mol. The number of carbonyl (C=O) groups excluding carboxylic acids is 1. The Bertz CT molecular complexity index is 675. The van der Waals surface area contributed by atoms with E-state index in [1.54, 1.807) is 6.07 Å². The lowest BCUT2D eigenvalue weighted by molar-refractivity contribution is 0.0715. The van der Waals surface area contributed by atoms with Gasteiger partial charge in [0, 0.05) is 24.2 Å². The van der Waals surface area contributed by atoms with Crippen molar-refractivity contribution >= 4 is 6.09 Å². The van der Waals surface area contributed by atoms with E-state index >= 15 is 0 Å². The molecule has 5 heteroatoms. The molecule has 3 aliphatic rings. The summed E-state index contributed by atoms with van der Waals surface area (Å²) in [6.07, 6.45) is 1.88. The highest BCUT2D eigenvalue weighted by Crippen LogP contribution is 2.28. The first kappa shape index (κ1) is 14.3. The molecule has 0 spiro atoms. The summed E-state index contributed by atoms with van der Waals surface area (Å²) < 4.78 is 10.9. The zero-order chi connectivity index (χ0) is 15.6. The van der Waals surface area contributed by atoms with E-state index in [9.17, 15) is 4.79 Å². The lowest BCUT2D eigenvalue weighted by Gasteiger charge is -2.44. The Morgan fingerprint density at radius 3 is 2.61 bits per heavy atom. The van der Waals surface area contributed by atoms with Gasteiger partial charge in [0.15, 0.2) is 0 Å². The van der Waals surface area contributed by atoms with Gasteiger partial charge in [-0.2, -0.15) is 0 Å². The van der Waals surface area contributed by atoms with Crippen LogP contribution in [0.25, 0.3) is 11.3 Å². The van der Waals surface area contributed by atoms with Crippen LogP contribution in [0, 0.1) is 5.92 Å². The first-order valence-electron chi connectivity index (χ1n) is 8.14. The highest BCUT2D eigenvalue weighted by molar-refractivity contribution is 5.70. The molecule has 1 atom stereocenters. The van der Waals surface area contributed by atoms with Crippen molar-refractivity contribution < 1.29 is 13.9 Å². The topological polar surface area (TPSA) is 54.7 Å². The number of hydrogen-bond acceptors (Lipinski definition) is 4. The van der Waals surface area contributed by atoms with Crippen molar-refractivity contribution in [3.05, 3.63) is 42.5 Å². The average Bonchev–Trinajstić information content (AvgIpc) is 3.05. The SMILES string of the molecule is O=C(N[C@H]1CN2CCC1CC2)Oc1ccc(-c2ccccc2)o1. The normalized spacial score (nSPS) is 26.0. The molecule has 1 aromatic carbocycles. The van der Waals surface area contributed by atoms with Crippen LogP contribution in [0.3, 0.4) is 0 Å². The van der Waals surface area contributed by atoms with Crippen LogP contribution in [0.1, 0.15) is 12.8 Å². The Morgan fingerprint density at radius 1 is 1.13 bits per heavy atom. The summed E-state index contributed by atoms with van der Waals surface area (Å²) in [5, 5.41) is 2.98. The van der Waals surface area contributed by atoms with E-state index in [2.05, 4.69) is 10.2 Å². The number of carbonyl (C=O) groups is 1. The van der Waals surface area contributed by atoms with Crippen molar-refractivity contribution in [1.29, 1.82) is 0 Å². The molecule has 1 aromatic heterocycles. The van der Waals surface area contributed by atoms with Crippen LogP contribution in [-0.4, -0.2) is 36.7 Å². The first-order chi connectivity index (χ1) is 11.3. The fourth-order valence-electron chi connectivity index (χ4n) is 3.53. The summed E-state index contributed by atoms with van der Waals surface area (Å²) in [6.45, 7) is 3.22. The third-order valence-corrected chi connectivity index (χ3v) is 4.79. The molecule has 5 rings (SSSR count). The molecule has 3 fully saturated rings. The van der Waals surface area contributed by atoms with Crippen LogP contribution in [0.15, 0.2) is 46.9 Å². The van der Waals surface area contributed by atoms with Crippen LogP contribution in [0.4, 0.5) is 4.79 Å². The molecule has 3 saturated heterocycles. The van der Waals surface area contributed by atoms with E-state index in [1.807, 2.05) is 36.4 Å². The number of hydrogen-bond donors (Lipinski definition) is 1. The minimum atomic E-state index is -0.433. The third-order valence-electron chi connectivity index (χ3n) is 4.79. The largest absolute Gasteiger partial charge is 0.425 e. The summed E-state index contributed by atoms with van der Waals surface area (Å²) in [5.41, 5.74) is 0.958. The fourth-order valence-corrected chi connectivity index (χ4v) is 3.53. The minimum absolute atomic E-state index is 0.188. The molecule has 0 saturated carbocycles. The molecule has 0 aliphatic carbocycles. The maximum Gasteiger partial charge on any atom is 0.415 e. The molecule has 3 aliphatic heterocycles. The van der Waals surface area contributed by atoms with Gasteiger partial charge in [-0.3, -0.25) is 0 Å². The van der Waals surface area contributed by atoms with Gasteiger partial charge >= 0.3 is 6.09 Å². The number of nitrogens with one attached hydrogen (secondary N) is 1. The zero-order valence-corrected chi connectivity index (χ0v) is 12.9. The van der Waals surface area contributed by atoms with Gasteiger partial charge in [0.1, 0.15) is 5.76 Å². The van der Waals surface area contributed by atoms with Gasteiger partial charge in [0.2, 0.25) is 0 Å². The molecule has 1 N–H and O–H groups in total. The smallest absolute Gasteiger partial charge is 0.415 e. The number of fused-ring (bicyclic) bond motifs is 3. The number of amides is 1. The number of benzene rings is 1. The van der Waals surface area contributed by atoms with Crippen molar-refractivity contribution in [2.75, 3.05) is 19.6 Å². The van der Waals surface area contributed by atoms with Crippen LogP contribution in [-0.2, 0) is 0 Å².